The van der Waals surface area contributed by atoms with E-state index in [1.54, 1.807) is 11.9 Å². The van der Waals surface area contributed by atoms with Gasteiger partial charge < -0.3 is 14.4 Å². The van der Waals surface area contributed by atoms with Crippen LogP contribution in [-0.4, -0.2) is 37.1 Å². The number of thiophene rings is 1. The Bertz CT molecular complexity index is 939. The number of hydrogen-bond acceptors (Lipinski definition) is 4. The molecule has 0 radical (unpaired) electrons. The van der Waals surface area contributed by atoms with Crippen molar-refractivity contribution in [3.05, 3.63) is 58.4 Å². The number of para-hydroxylation sites is 2. The van der Waals surface area contributed by atoms with Crippen LogP contribution in [0.25, 0.3) is 10.1 Å². The fourth-order valence-corrected chi connectivity index (χ4v) is 4.37. The molecule has 128 valence electrons. The van der Waals surface area contributed by atoms with E-state index in [0.717, 1.165) is 15.8 Å². The van der Waals surface area contributed by atoms with E-state index in [0.29, 0.717) is 28.8 Å². The van der Waals surface area contributed by atoms with Crippen molar-refractivity contribution in [1.29, 1.82) is 0 Å². The molecule has 1 amide bonds. The average molecular weight is 374 g/mol. The summed E-state index contributed by atoms with van der Waals surface area (Å²) in [6, 6.07) is 15.3. The Labute approximate surface area is 154 Å². The summed E-state index contributed by atoms with van der Waals surface area (Å²) in [6.07, 6.45) is -0.211. The van der Waals surface area contributed by atoms with Crippen molar-refractivity contribution < 1.29 is 14.3 Å². The van der Waals surface area contributed by atoms with Gasteiger partial charge in [-0.05, 0) is 18.2 Å². The Balaban J connectivity index is 1.50. The second-order valence-electron chi connectivity index (χ2n) is 5.92. The van der Waals surface area contributed by atoms with Gasteiger partial charge in [0.25, 0.3) is 5.91 Å². The summed E-state index contributed by atoms with van der Waals surface area (Å²) >= 11 is 7.83. The van der Waals surface area contributed by atoms with Crippen molar-refractivity contribution in [1.82, 2.24) is 4.90 Å². The van der Waals surface area contributed by atoms with Crippen LogP contribution in [-0.2, 0) is 0 Å². The third-order valence-corrected chi connectivity index (χ3v) is 5.78. The standard InChI is InChI=1S/C19H16ClNO3S/c1-21(10-12-11-23-14-7-3-4-8-15(14)24-12)19(22)18-17(20)13-6-2-5-9-16(13)25-18/h2-9,12H,10-11H2,1H3. The first-order chi connectivity index (χ1) is 12.1. The number of benzene rings is 2. The van der Waals surface area contributed by atoms with E-state index in [1.165, 1.54) is 11.3 Å². The summed E-state index contributed by atoms with van der Waals surface area (Å²) in [6.45, 7) is 0.840. The van der Waals surface area contributed by atoms with Gasteiger partial charge in [-0.3, -0.25) is 4.79 Å². The predicted octanol–water partition coefficient (Wildman–Crippen LogP) is 4.47. The van der Waals surface area contributed by atoms with E-state index in [4.69, 9.17) is 21.1 Å². The molecule has 0 fully saturated rings. The quantitative estimate of drug-likeness (QED) is 0.680. The highest BCUT2D eigenvalue weighted by molar-refractivity contribution is 7.21. The Morgan fingerprint density at radius 1 is 1.20 bits per heavy atom. The number of carbonyl (C=O) groups is 1. The van der Waals surface area contributed by atoms with Crippen molar-refractivity contribution >= 4 is 38.9 Å². The van der Waals surface area contributed by atoms with Gasteiger partial charge in [-0.2, -0.15) is 0 Å². The zero-order valence-electron chi connectivity index (χ0n) is 13.6. The number of rotatable bonds is 3. The number of ether oxygens (including phenoxy) is 2. The molecule has 1 unspecified atom stereocenters. The second kappa shape index (κ2) is 6.58. The van der Waals surface area contributed by atoms with E-state index < -0.39 is 0 Å². The van der Waals surface area contributed by atoms with E-state index >= 15 is 0 Å². The monoisotopic (exact) mass is 373 g/mol. The first kappa shape index (κ1) is 16.2. The van der Waals surface area contributed by atoms with Crippen LogP contribution in [0.3, 0.4) is 0 Å². The van der Waals surface area contributed by atoms with E-state index in [1.807, 2.05) is 48.5 Å². The highest BCUT2D eigenvalue weighted by atomic mass is 35.5. The van der Waals surface area contributed by atoms with Crippen LogP contribution in [0.2, 0.25) is 5.02 Å². The van der Waals surface area contributed by atoms with Crippen molar-refractivity contribution in [3.63, 3.8) is 0 Å². The zero-order chi connectivity index (χ0) is 17.4. The number of carbonyl (C=O) groups excluding carboxylic acids is 1. The van der Waals surface area contributed by atoms with Gasteiger partial charge in [0.1, 0.15) is 11.5 Å². The molecule has 25 heavy (non-hydrogen) atoms. The van der Waals surface area contributed by atoms with Gasteiger partial charge in [-0.15, -0.1) is 11.3 Å². The molecule has 3 aromatic rings. The molecule has 0 spiro atoms. The lowest BCUT2D eigenvalue weighted by Gasteiger charge is -2.29. The molecule has 1 aliphatic rings. The Kier molecular flexibility index (Phi) is 4.27. The molecule has 0 saturated heterocycles. The Morgan fingerprint density at radius 2 is 1.92 bits per heavy atom. The third kappa shape index (κ3) is 3.05. The lowest BCUT2D eigenvalue weighted by atomic mass is 10.2. The molecule has 0 bridgehead atoms. The third-order valence-electron chi connectivity index (χ3n) is 4.12. The molecule has 2 aromatic carbocycles. The molecule has 2 heterocycles. The highest BCUT2D eigenvalue weighted by Gasteiger charge is 2.26. The fraction of sp³-hybridized carbons (Fsp3) is 0.211. The van der Waals surface area contributed by atoms with Crippen LogP contribution < -0.4 is 9.47 Å². The maximum absolute atomic E-state index is 12.8. The molecule has 4 rings (SSSR count). The number of amides is 1. The lowest BCUT2D eigenvalue weighted by Crippen LogP contribution is -2.41. The van der Waals surface area contributed by atoms with Gasteiger partial charge in [0.15, 0.2) is 17.6 Å². The summed E-state index contributed by atoms with van der Waals surface area (Å²) < 4.78 is 12.6. The van der Waals surface area contributed by atoms with Crippen molar-refractivity contribution in [2.45, 2.75) is 6.10 Å². The maximum atomic E-state index is 12.8. The molecular weight excluding hydrogens is 358 g/mol. The highest BCUT2D eigenvalue weighted by Crippen LogP contribution is 2.36. The van der Waals surface area contributed by atoms with Gasteiger partial charge >= 0.3 is 0 Å². The smallest absolute Gasteiger partial charge is 0.265 e. The largest absolute Gasteiger partial charge is 0.486 e. The van der Waals surface area contributed by atoms with Crippen molar-refractivity contribution in [2.24, 2.45) is 0 Å². The zero-order valence-corrected chi connectivity index (χ0v) is 15.1. The van der Waals surface area contributed by atoms with Gasteiger partial charge in [0, 0.05) is 17.1 Å². The minimum absolute atomic E-state index is 0.103. The minimum atomic E-state index is -0.211. The SMILES string of the molecule is CN(CC1COc2ccccc2O1)C(=O)c1sc2ccccc2c1Cl. The summed E-state index contributed by atoms with van der Waals surface area (Å²) in [7, 11) is 1.76. The first-order valence-corrected chi connectivity index (χ1v) is 9.14. The molecule has 1 atom stereocenters. The summed E-state index contributed by atoms with van der Waals surface area (Å²) in [5.74, 6) is 1.34. The van der Waals surface area contributed by atoms with Gasteiger partial charge in [-0.1, -0.05) is 41.9 Å². The van der Waals surface area contributed by atoms with Crippen LogP contribution in [0, 0.1) is 0 Å². The summed E-state index contributed by atoms with van der Waals surface area (Å²) in [5.41, 5.74) is 0. The number of halogens is 1. The van der Waals surface area contributed by atoms with Gasteiger partial charge in [-0.25, -0.2) is 0 Å². The van der Waals surface area contributed by atoms with Crippen LogP contribution in [0.4, 0.5) is 0 Å². The second-order valence-corrected chi connectivity index (χ2v) is 7.35. The van der Waals surface area contributed by atoms with E-state index in [9.17, 15) is 4.79 Å². The topological polar surface area (TPSA) is 38.8 Å². The minimum Gasteiger partial charge on any atom is -0.486 e. The van der Waals surface area contributed by atoms with Gasteiger partial charge in [0.05, 0.1) is 11.6 Å². The van der Waals surface area contributed by atoms with Crippen LogP contribution >= 0.6 is 22.9 Å². The number of likely N-dealkylation sites (N-methyl/N-ethyl adjacent to an activating group) is 1. The molecule has 1 aliphatic heterocycles. The Morgan fingerprint density at radius 3 is 2.72 bits per heavy atom. The van der Waals surface area contributed by atoms with Crippen LogP contribution in [0.1, 0.15) is 9.67 Å². The first-order valence-electron chi connectivity index (χ1n) is 7.94. The van der Waals surface area contributed by atoms with Crippen molar-refractivity contribution in [2.75, 3.05) is 20.2 Å². The van der Waals surface area contributed by atoms with Gasteiger partial charge in [0.2, 0.25) is 0 Å². The summed E-state index contributed by atoms with van der Waals surface area (Å²) in [5, 5.41) is 1.43. The number of fused-ring (bicyclic) bond motifs is 2. The maximum Gasteiger partial charge on any atom is 0.265 e. The molecule has 0 saturated carbocycles. The molecule has 1 aromatic heterocycles. The molecule has 0 N–H and O–H groups in total. The normalized spacial score (nSPS) is 16.0. The molecule has 4 nitrogen and oxygen atoms in total. The molecule has 6 heteroatoms. The fourth-order valence-electron chi connectivity index (χ4n) is 2.87. The van der Waals surface area contributed by atoms with E-state index in [2.05, 4.69) is 0 Å². The van der Waals surface area contributed by atoms with Crippen molar-refractivity contribution in [3.8, 4) is 11.5 Å². The predicted molar refractivity (Wildman–Crippen MR) is 100 cm³/mol. The Hall–Kier alpha value is -2.24. The average Bonchev–Trinajstić information content (AvgIpc) is 2.98. The molecular formula is C19H16ClNO3S. The van der Waals surface area contributed by atoms with E-state index in [-0.39, 0.29) is 12.0 Å². The lowest BCUT2D eigenvalue weighted by molar-refractivity contribution is 0.0524. The molecule has 0 aliphatic carbocycles. The van der Waals surface area contributed by atoms with Crippen LogP contribution in [0.5, 0.6) is 11.5 Å². The summed E-state index contributed by atoms with van der Waals surface area (Å²) in [4.78, 5) is 15.0. The number of nitrogens with zero attached hydrogens (tertiary/aromatic N) is 1. The number of hydrogen-bond donors (Lipinski definition) is 0. The van der Waals surface area contributed by atoms with Crippen LogP contribution in [0.15, 0.2) is 48.5 Å².